The van der Waals surface area contributed by atoms with Crippen molar-refractivity contribution in [2.45, 2.75) is 33.1 Å². The summed E-state index contributed by atoms with van der Waals surface area (Å²) in [7, 11) is 0. The zero-order chi connectivity index (χ0) is 22.2. The first-order chi connectivity index (χ1) is 14.0. The summed E-state index contributed by atoms with van der Waals surface area (Å²) >= 11 is 13.0. The third-order valence-electron chi connectivity index (χ3n) is 4.27. The summed E-state index contributed by atoms with van der Waals surface area (Å²) in [6.07, 6.45) is 1.49. The molecule has 1 heterocycles. The highest BCUT2D eigenvalue weighted by Crippen LogP contribution is 2.41. The topological polar surface area (TPSA) is 76.7 Å². The van der Waals surface area contributed by atoms with Gasteiger partial charge in [-0.25, -0.2) is 4.98 Å². The number of aromatic hydroxyl groups is 1. The van der Waals surface area contributed by atoms with Crippen LogP contribution in [-0.2, 0) is 5.41 Å². The molecule has 0 amide bonds. The molecule has 3 rings (SSSR count). The lowest BCUT2D eigenvalue weighted by molar-refractivity contribution is 0.318. The lowest BCUT2D eigenvalue weighted by Crippen LogP contribution is -2.29. The Kier molecular flexibility index (Phi) is 6.60. The molecule has 0 saturated heterocycles. The van der Waals surface area contributed by atoms with E-state index in [0.717, 1.165) is 4.47 Å². The Labute approximate surface area is 195 Å². The normalized spacial score (nSPS) is 12.1. The van der Waals surface area contributed by atoms with Crippen LogP contribution < -0.4 is 10.3 Å². The Morgan fingerprint density at radius 3 is 2.63 bits per heavy atom. The molecule has 3 aromatic rings. The molecule has 0 spiro atoms. The van der Waals surface area contributed by atoms with E-state index in [-0.39, 0.29) is 22.1 Å². The number of hydrogen-bond acceptors (Lipinski definition) is 5. The Balaban J connectivity index is 2.24. The van der Waals surface area contributed by atoms with Crippen molar-refractivity contribution in [3.63, 3.8) is 0 Å². The second-order valence-corrected chi connectivity index (χ2v) is 9.67. The van der Waals surface area contributed by atoms with Crippen molar-refractivity contribution in [3.05, 3.63) is 60.0 Å². The maximum Gasteiger partial charge on any atom is 0.282 e. The molecule has 6 nitrogen and oxygen atoms in total. The Morgan fingerprint density at radius 1 is 1.30 bits per heavy atom. The molecule has 0 unspecified atom stereocenters. The van der Waals surface area contributed by atoms with Crippen LogP contribution in [0.25, 0.3) is 10.9 Å². The van der Waals surface area contributed by atoms with Gasteiger partial charge < -0.3 is 9.84 Å². The molecule has 0 bridgehead atoms. The van der Waals surface area contributed by atoms with E-state index in [9.17, 15) is 9.90 Å². The van der Waals surface area contributed by atoms with Gasteiger partial charge in [0, 0.05) is 19.9 Å². The molecule has 30 heavy (non-hydrogen) atoms. The van der Waals surface area contributed by atoms with E-state index in [1.807, 2.05) is 26.8 Å². The zero-order valence-corrected chi connectivity index (χ0v) is 20.8. The number of rotatable bonds is 4. The van der Waals surface area contributed by atoms with E-state index in [2.05, 4.69) is 41.9 Å². The predicted octanol–water partition coefficient (Wildman–Crippen LogP) is 5.86. The predicted molar refractivity (Wildman–Crippen MR) is 127 cm³/mol. The Bertz CT molecular complexity index is 1220. The molecule has 0 saturated carbocycles. The van der Waals surface area contributed by atoms with Gasteiger partial charge in [-0.1, -0.05) is 48.3 Å². The molecule has 0 aliphatic rings. The van der Waals surface area contributed by atoms with Gasteiger partial charge in [0.1, 0.15) is 10.8 Å². The first-order valence-corrected chi connectivity index (χ1v) is 11.1. The summed E-state index contributed by atoms with van der Waals surface area (Å²) < 4.78 is 7.95. The van der Waals surface area contributed by atoms with Crippen LogP contribution in [0.3, 0.4) is 0 Å². The van der Waals surface area contributed by atoms with Crippen LogP contribution in [0, 0.1) is 0 Å². The van der Waals surface area contributed by atoms with Gasteiger partial charge in [0.05, 0.1) is 23.7 Å². The van der Waals surface area contributed by atoms with Gasteiger partial charge in [0.2, 0.25) is 0 Å². The number of ether oxygens (including phenoxy) is 1. The molecule has 0 atom stereocenters. The van der Waals surface area contributed by atoms with Crippen LogP contribution in [0.15, 0.2) is 43.1 Å². The molecule has 158 valence electrons. The van der Waals surface area contributed by atoms with Gasteiger partial charge in [0.25, 0.3) is 5.56 Å². The van der Waals surface area contributed by atoms with Crippen molar-refractivity contribution < 1.29 is 9.84 Å². The minimum atomic E-state index is -0.432. The van der Waals surface area contributed by atoms with Crippen LogP contribution in [0.4, 0.5) is 0 Å². The van der Waals surface area contributed by atoms with Gasteiger partial charge in [-0.05, 0) is 47.1 Å². The minimum absolute atomic E-state index is 0.103. The lowest BCUT2D eigenvalue weighted by atomic mass is 9.95. The van der Waals surface area contributed by atoms with Crippen molar-refractivity contribution in [2.24, 2.45) is 5.10 Å². The molecule has 1 N–H and O–H groups in total. The monoisotopic (exact) mass is 555 g/mol. The highest BCUT2D eigenvalue weighted by atomic mass is 79.9. The van der Waals surface area contributed by atoms with Crippen molar-refractivity contribution in [3.8, 4) is 11.5 Å². The summed E-state index contributed by atoms with van der Waals surface area (Å²) in [4.78, 5) is 17.9. The maximum absolute atomic E-state index is 13.2. The number of fused-ring (bicyclic) bond motifs is 1. The molecular weight excluding hydrogens is 538 g/mol. The number of phenolic OH excluding ortho intramolecular Hbond substituents is 1. The van der Waals surface area contributed by atoms with Gasteiger partial charge >= 0.3 is 0 Å². The smallest absolute Gasteiger partial charge is 0.282 e. The van der Waals surface area contributed by atoms with Crippen LogP contribution in [-0.4, -0.2) is 27.6 Å². The second-order valence-electron chi connectivity index (χ2n) is 7.58. The summed E-state index contributed by atoms with van der Waals surface area (Å²) in [5, 5.41) is 15.1. The number of benzene rings is 2. The SMILES string of the molecule is CCOc1cc(C=Nn2c(C(C)(C)C)nc3ccc(Br)cc3c2=O)c(Br)c(Cl)c1O. The van der Waals surface area contributed by atoms with Crippen molar-refractivity contribution >= 4 is 60.6 Å². The first kappa shape index (κ1) is 22.8. The van der Waals surface area contributed by atoms with Gasteiger partial charge in [-0.2, -0.15) is 9.78 Å². The van der Waals surface area contributed by atoms with E-state index in [1.165, 1.54) is 10.9 Å². The summed E-state index contributed by atoms with van der Waals surface area (Å²) in [5.74, 6) is 0.591. The van der Waals surface area contributed by atoms with Crippen LogP contribution in [0.2, 0.25) is 5.02 Å². The fourth-order valence-corrected chi connectivity index (χ4v) is 3.80. The molecule has 0 radical (unpaired) electrons. The van der Waals surface area contributed by atoms with Crippen molar-refractivity contribution in [2.75, 3.05) is 6.61 Å². The van der Waals surface area contributed by atoms with Gasteiger partial charge in [0.15, 0.2) is 11.5 Å². The molecule has 0 aliphatic heterocycles. The third-order valence-corrected chi connectivity index (χ3v) is 6.21. The average molecular weight is 558 g/mol. The minimum Gasteiger partial charge on any atom is -0.503 e. The standard InChI is InChI=1S/C21H20Br2ClN3O3/c1-5-30-15-8-11(16(23)17(24)18(15)28)10-25-27-19(29)13-9-12(22)6-7-14(13)26-20(27)21(2,3)4/h6-10,28H,5H2,1-4H3. The number of aromatic nitrogens is 2. The lowest BCUT2D eigenvalue weighted by Gasteiger charge is -2.21. The average Bonchev–Trinajstić information content (AvgIpc) is 2.68. The van der Waals surface area contributed by atoms with E-state index in [4.69, 9.17) is 16.3 Å². The molecule has 9 heteroatoms. The van der Waals surface area contributed by atoms with Gasteiger partial charge in [-0.15, -0.1) is 0 Å². The number of hydrogen-bond donors (Lipinski definition) is 1. The van der Waals surface area contributed by atoms with Gasteiger partial charge in [-0.3, -0.25) is 4.79 Å². The van der Waals surface area contributed by atoms with Crippen LogP contribution in [0.5, 0.6) is 11.5 Å². The summed E-state index contributed by atoms with van der Waals surface area (Å²) in [5.41, 5.74) is 0.431. The van der Waals surface area contributed by atoms with E-state index in [1.54, 1.807) is 25.1 Å². The molecular formula is C21H20Br2ClN3O3. The highest BCUT2D eigenvalue weighted by molar-refractivity contribution is 9.10. The number of halogens is 3. The fraction of sp³-hybridized carbons (Fsp3) is 0.286. The van der Waals surface area contributed by atoms with Crippen molar-refractivity contribution in [1.82, 2.24) is 9.66 Å². The zero-order valence-electron chi connectivity index (χ0n) is 16.8. The number of nitrogens with zero attached hydrogens (tertiary/aromatic N) is 3. The first-order valence-electron chi connectivity index (χ1n) is 9.15. The van der Waals surface area contributed by atoms with Crippen molar-refractivity contribution in [1.29, 1.82) is 0 Å². The van der Waals surface area contributed by atoms with Crippen LogP contribution in [0.1, 0.15) is 39.1 Å². The van der Waals surface area contributed by atoms with E-state index >= 15 is 0 Å². The highest BCUT2D eigenvalue weighted by Gasteiger charge is 2.23. The quantitative estimate of drug-likeness (QED) is 0.408. The van der Waals surface area contributed by atoms with E-state index < -0.39 is 5.41 Å². The summed E-state index contributed by atoms with van der Waals surface area (Å²) in [6, 6.07) is 6.98. The Hall–Kier alpha value is -1.90. The molecule has 0 fully saturated rings. The fourth-order valence-electron chi connectivity index (χ4n) is 2.83. The Morgan fingerprint density at radius 2 is 2.00 bits per heavy atom. The molecule has 1 aromatic heterocycles. The number of phenols is 1. The summed E-state index contributed by atoms with van der Waals surface area (Å²) in [6.45, 7) is 8.06. The third kappa shape index (κ3) is 4.40. The molecule has 0 aliphatic carbocycles. The second kappa shape index (κ2) is 8.69. The van der Waals surface area contributed by atoms with Crippen LogP contribution >= 0.6 is 43.5 Å². The largest absolute Gasteiger partial charge is 0.503 e. The van der Waals surface area contributed by atoms with E-state index in [0.29, 0.717) is 33.4 Å². The maximum atomic E-state index is 13.2. The molecule has 2 aromatic carbocycles.